The number of rotatable bonds is 7. The van der Waals surface area contributed by atoms with Crippen LogP contribution in [0.1, 0.15) is 55.2 Å². The number of carbonyl (C=O) groups is 2. The number of ether oxygens (including phenoxy) is 1. The van der Waals surface area contributed by atoms with Crippen molar-refractivity contribution in [3.8, 4) is 5.75 Å². The Morgan fingerprint density at radius 1 is 1.26 bits per heavy atom. The smallest absolute Gasteiger partial charge is 0.304 e. The highest BCUT2D eigenvalue weighted by molar-refractivity contribution is 7.15. The number of aliphatic hydroxyl groups excluding tert-OH is 2. The molecule has 2 aliphatic carbocycles. The number of methoxy groups -OCH3 is 1. The predicted molar refractivity (Wildman–Crippen MR) is 128 cm³/mol. The third kappa shape index (κ3) is 4.32. The Morgan fingerprint density at radius 2 is 1.97 bits per heavy atom. The van der Waals surface area contributed by atoms with Crippen molar-refractivity contribution >= 4 is 28.3 Å². The van der Waals surface area contributed by atoms with E-state index in [2.05, 4.69) is 12.2 Å². The molecule has 0 radical (unpaired) electrons. The summed E-state index contributed by atoms with van der Waals surface area (Å²) in [6.45, 7) is 3.78. The highest BCUT2D eigenvalue weighted by atomic mass is 32.1. The number of hydrogen-bond donors (Lipinski definition) is 4. The molecule has 1 amide bonds. The molecule has 0 saturated heterocycles. The number of hydrogen-bond acceptors (Lipinski definition) is 7. The lowest BCUT2D eigenvalue weighted by molar-refractivity contribution is -0.150. The van der Waals surface area contributed by atoms with Crippen LogP contribution in [0.2, 0.25) is 0 Å². The molecule has 0 aliphatic heterocycles. The number of carboxylic acids is 1. The molecule has 2 aliphatic rings. The maximum Gasteiger partial charge on any atom is 0.304 e. The van der Waals surface area contributed by atoms with Gasteiger partial charge < -0.3 is 25.4 Å². The second-order valence-electron chi connectivity index (χ2n) is 10.0. The molecule has 184 valence electrons. The second kappa shape index (κ2) is 9.28. The van der Waals surface area contributed by atoms with Crippen LogP contribution in [0, 0.1) is 16.7 Å². The third-order valence-electron chi connectivity index (χ3n) is 8.04. The van der Waals surface area contributed by atoms with Crippen LogP contribution in [0.5, 0.6) is 5.75 Å². The lowest BCUT2D eigenvalue weighted by atomic mass is 9.47. The van der Waals surface area contributed by atoms with Gasteiger partial charge in [0.05, 0.1) is 38.4 Å². The molecule has 1 heterocycles. The summed E-state index contributed by atoms with van der Waals surface area (Å²) in [6, 6.07) is 7.27. The fraction of sp³-hybridized carbons (Fsp3) is 0.560. The Hall–Kier alpha value is -2.49. The van der Waals surface area contributed by atoms with Crippen molar-refractivity contribution in [2.75, 3.05) is 19.0 Å². The minimum Gasteiger partial charge on any atom is -0.497 e. The zero-order valence-corrected chi connectivity index (χ0v) is 20.5. The number of nitrogens with zero attached hydrogens (tertiary/aromatic N) is 1. The van der Waals surface area contributed by atoms with E-state index in [1.54, 1.807) is 19.2 Å². The Morgan fingerprint density at radius 3 is 2.59 bits per heavy atom. The number of nitrogens with one attached hydrogen (secondary N) is 1. The van der Waals surface area contributed by atoms with Gasteiger partial charge in [-0.15, -0.1) is 11.3 Å². The molecule has 2 aromatic rings. The number of aliphatic carboxylic acids is 1. The van der Waals surface area contributed by atoms with Crippen LogP contribution in [0.3, 0.4) is 0 Å². The Bertz CT molecular complexity index is 1070. The lowest BCUT2D eigenvalue weighted by Gasteiger charge is -2.58. The van der Waals surface area contributed by atoms with Crippen molar-refractivity contribution in [1.82, 2.24) is 4.98 Å². The van der Waals surface area contributed by atoms with E-state index in [-0.39, 0.29) is 37.2 Å². The van der Waals surface area contributed by atoms with Gasteiger partial charge in [-0.2, -0.15) is 0 Å². The topological polar surface area (TPSA) is 129 Å². The van der Waals surface area contributed by atoms with E-state index in [4.69, 9.17) is 9.72 Å². The lowest BCUT2D eigenvalue weighted by Crippen LogP contribution is -2.57. The largest absolute Gasteiger partial charge is 0.497 e. The molecule has 4 rings (SSSR count). The predicted octanol–water partition coefficient (Wildman–Crippen LogP) is 3.22. The molecule has 1 fully saturated rings. The van der Waals surface area contributed by atoms with Crippen molar-refractivity contribution in [2.45, 2.75) is 58.0 Å². The first-order chi connectivity index (χ1) is 16.1. The molecule has 1 saturated carbocycles. The summed E-state index contributed by atoms with van der Waals surface area (Å²) >= 11 is 1.36. The van der Waals surface area contributed by atoms with Gasteiger partial charge in [-0.1, -0.05) is 26.0 Å². The zero-order chi connectivity index (χ0) is 24.7. The van der Waals surface area contributed by atoms with Gasteiger partial charge >= 0.3 is 5.97 Å². The maximum atomic E-state index is 12.7. The molecule has 8 nitrogen and oxygen atoms in total. The normalized spacial score (nSPS) is 30.2. The van der Waals surface area contributed by atoms with Crippen LogP contribution in [0.4, 0.5) is 5.13 Å². The average molecular weight is 489 g/mol. The summed E-state index contributed by atoms with van der Waals surface area (Å²) < 4.78 is 5.15. The molecule has 5 atom stereocenters. The minimum atomic E-state index is -0.910. The Labute approximate surface area is 203 Å². The number of amides is 1. The van der Waals surface area contributed by atoms with Gasteiger partial charge in [-0.05, 0) is 48.3 Å². The number of benzene rings is 1. The van der Waals surface area contributed by atoms with Crippen molar-refractivity contribution in [3.05, 3.63) is 40.4 Å². The van der Waals surface area contributed by atoms with E-state index < -0.39 is 22.9 Å². The Kier molecular flexibility index (Phi) is 6.72. The highest BCUT2D eigenvalue weighted by Gasteiger charge is 2.59. The molecule has 1 aromatic carbocycles. The summed E-state index contributed by atoms with van der Waals surface area (Å²) in [7, 11) is 1.59. The highest BCUT2D eigenvalue weighted by Crippen LogP contribution is 2.62. The SMILES string of the molecule is COc1ccc(CC(=O)Nc2nc3c(s2)C[C@@H]2[C@](C)(CO)[C@H](O)CC[C@@]2(C)[C@@H]3CC(=O)O)cc1. The van der Waals surface area contributed by atoms with Gasteiger partial charge in [0.15, 0.2) is 5.13 Å². The first-order valence-electron chi connectivity index (χ1n) is 11.5. The summed E-state index contributed by atoms with van der Waals surface area (Å²) in [4.78, 5) is 30.1. The standard InChI is InChI=1S/C25H32N2O6S/c1-24-9-8-19(29)25(2,13-28)18(24)12-17-22(16(24)11-21(31)32)27-23(34-17)26-20(30)10-14-4-6-15(33-3)7-5-14/h4-7,16,18-19,28-29H,8-13H2,1-3H3,(H,31,32)(H,26,27,30)/t16-,18+,19-,24+,25+/m1/s1. The number of fused-ring (bicyclic) bond motifs is 2. The second-order valence-corrected chi connectivity index (χ2v) is 11.1. The number of aromatic nitrogens is 1. The van der Waals surface area contributed by atoms with Crippen molar-refractivity contribution in [3.63, 3.8) is 0 Å². The first-order valence-corrected chi connectivity index (χ1v) is 12.4. The van der Waals surface area contributed by atoms with E-state index in [0.29, 0.717) is 24.4 Å². The molecule has 0 spiro atoms. The van der Waals surface area contributed by atoms with Gasteiger partial charge in [0.25, 0.3) is 0 Å². The third-order valence-corrected chi connectivity index (χ3v) is 9.05. The molecule has 4 N–H and O–H groups in total. The number of thiazole rings is 1. The van der Waals surface area contributed by atoms with E-state index in [1.165, 1.54) is 11.3 Å². The van der Waals surface area contributed by atoms with E-state index in [9.17, 15) is 24.9 Å². The molecular weight excluding hydrogens is 456 g/mol. The van der Waals surface area contributed by atoms with Crippen molar-refractivity contribution < 1.29 is 29.6 Å². The molecule has 0 bridgehead atoms. The van der Waals surface area contributed by atoms with Crippen molar-refractivity contribution in [2.24, 2.45) is 16.7 Å². The summed E-state index contributed by atoms with van der Waals surface area (Å²) in [6.07, 6.45) is 1.19. The molecule has 1 aromatic heterocycles. The fourth-order valence-electron chi connectivity index (χ4n) is 5.97. The number of carbonyl (C=O) groups excluding carboxylic acids is 1. The van der Waals surface area contributed by atoms with Gasteiger partial charge in [-0.25, -0.2) is 4.98 Å². The van der Waals surface area contributed by atoms with E-state index >= 15 is 0 Å². The number of aliphatic hydroxyl groups is 2. The first kappa shape index (κ1) is 24.6. The molecular formula is C25H32N2O6S. The van der Waals surface area contributed by atoms with Crippen LogP contribution in [-0.2, 0) is 22.4 Å². The average Bonchev–Trinajstić information content (AvgIpc) is 3.20. The van der Waals surface area contributed by atoms with Gasteiger partial charge in [0.1, 0.15) is 5.75 Å². The van der Waals surface area contributed by atoms with Crippen LogP contribution < -0.4 is 10.1 Å². The van der Waals surface area contributed by atoms with Crippen LogP contribution >= 0.6 is 11.3 Å². The minimum absolute atomic E-state index is 0.0828. The fourth-order valence-corrected chi connectivity index (χ4v) is 7.05. The molecule has 0 unspecified atom stereocenters. The summed E-state index contributed by atoms with van der Waals surface area (Å²) in [5.41, 5.74) is 0.404. The van der Waals surface area contributed by atoms with Crippen molar-refractivity contribution in [1.29, 1.82) is 0 Å². The summed E-state index contributed by atoms with van der Waals surface area (Å²) in [5.74, 6) is -0.858. The Balaban J connectivity index is 1.61. The van der Waals surface area contributed by atoms with Crippen LogP contribution in [0.25, 0.3) is 0 Å². The monoisotopic (exact) mass is 488 g/mol. The van der Waals surface area contributed by atoms with E-state index in [0.717, 1.165) is 21.9 Å². The molecule has 9 heteroatoms. The van der Waals surface area contributed by atoms with Gasteiger partial charge in [0.2, 0.25) is 5.91 Å². The summed E-state index contributed by atoms with van der Waals surface area (Å²) in [5, 5.41) is 34.0. The zero-order valence-electron chi connectivity index (χ0n) is 19.7. The number of anilines is 1. The van der Waals surface area contributed by atoms with Gasteiger partial charge in [-0.3, -0.25) is 9.59 Å². The quantitative estimate of drug-likeness (QED) is 0.471. The maximum absolute atomic E-state index is 12.7. The van der Waals surface area contributed by atoms with E-state index in [1.807, 2.05) is 19.1 Å². The molecule has 34 heavy (non-hydrogen) atoms. The van der Waals surface area contributed by atoms with Crippen LogP contribution in [0.15, 0.2) is 24.3 Å². The van der Waals surface area contributed by atoms with Crippen LogP contribution in [-0.4, -0.2) is 52.0 Å². The number of carboxylic acid groups (broad SMARTS) is 1. The van der Waals surface area contributed by atoms with Gasteiger partial charge in [0, 0.05) is 16.2 Å².